The summed E-state index contributed by atoms with van der Waals surface area (Å²) in [5, 5.41) is 2.72. The van der Waals surface area contributed by atoms with E-state index in [0.717, 1.165) is 5.69 Å². The van der Waals surface area contributed by atoms with Gasteiger partial charge in [0.05, 0.1) is 31.2 Å². The van der Waals surface area contributed by atoms with Crippen LogP contribution in [-0.2, 0) is 16.0 Å². The predicted molar refractivity (Wildman–Crippen MR) is 71.9 cm³/mol. The highest BCUT2D eigenvalue weighted by Crippen LogP contribution is 2.11. The lowest BCUT2D eigenvalue weighted by Crippen LogP contribution is -2.32. The maximum atomic E-state index is 11.6. The van der Waals surface area contributed by atoms with Crippen LogP contribution in [0, 0.1) is 0 Å². The predicted octanol–water partition coefficient (Wildman–Crippen LogP) is 2.12. The molecule has 1 heterocycles. The number of nitrogens with one attached hydrogen (secondary N) is 1. The summed E-state index contributed by atoms with van der Waals surface area (Å²) in [5.41, 5.74) is 0.420. The Morgan fingerprint density at radius 2 is 2.21 bits per heavy atom. The van der Waals surface area contributed by atoms with Crippen LogP contribution in [0.2, 0.25) is 0 Å². The Bertz CT molecular complexity index is 410. The second-order valence-electron chi connectivity index (χ2n) is 5.45. The normalized spacial score (nSPS) is 13.1. The molecule has 0 aliphatic rings. The monoisotopic (exact) mass is 269 g/mol. The number of nitrogens with zero attached hydrogens (tertiary/aromatic N) is 2. The number of carbonyl (C=O) groups excluding carboxylic acids is 1. The van der Waals surface area contributed by atoms with Crippen LogP contribution in [0.5, 0.6) is 0 Å². The van der Waals surface area contributed by atoms with Gasteiger partial charge in [-0.15, -0.1) is 0 Å². The highest BCUT2D eigenvalue weighted by molar-refractivity contribution is 5.67. The van der Waals surface area contributed by atoms with Gasteiger partial charge in [-0.25, -0.2) is 9.78 Å². The van der Waals surface area contributed by atoms with Crippen molar-refractivity contribution < 1.29 is 14.3 Å². The van der Waals surface area contributed by atoms with Gasteiger partial charge in [0.2, 0.25) is 0 Å². The molecular formula is C13H23N3O3. The number of methoxy groups -OCH3 is 1. The van der Waals surface area contributed by atoms with E-state index in [1.807, 2.05) is 32.3 Å². The van der Waals surface area contributed by atoms with E-state index in [2.05, 4.69) is 10.3 Å². The molecule has 0 aliphatic carbocycles. The molecule has 6 nitrogen and oxygen atoms in total. The lowest BCUT2D eigenvalue weighted by molar-refractivity contribution is 0.0522. The fourth-order valence-electron chi connectivity index (χ4n) is 1.66. The molecule has 0 bridgehead atoms. The summed E-state index contributed by atoms with van der Waals surface area (Å²) >= 11 is 0. The molecule has 0 spiro atoms. The van der Waals surface area contributed by atoms with E-state index < -0.39 is 11.7 Å². The average Bonchev–Trinajstić information content (AvgIpc) is 2.72. The number of aromatic nitrogens is 2. The third-order valence-electron chi connectivity index (χ3n) is 2.44. The van der Waals surface area contributed by atoms with Crippen LogP contribution in [0.25, 0.3) is 0 Å². The molecule has 1 aromatic rings. The van der Waals surface area contributed by atoms with Crippen molar-refractivity contribution in [2.24, 2.45) is 0 Å². The van der Waals surface area contributed by atoms with Gasteiger partial charge >= 0.3 is 6.09 Å². The van der Waals surface area contributed by atoms with E-state index in [-0.39, 0.29) is 6.04 Å². The molecule has 0 aliphatic heterocycles. The van der Waals surface area contributed by atoms with Gasteiger partial charge in [-0.3, -0.25) is 0 Å². The van der Waals surface area contributed by atoms with E-state index in [1.54, 1.807) is 19.6 Å². The topological polar surface area (TPSA) is 65.4 Å². The van der Waals surface area contributed by atoms with Crippen molar-refractivity contribution >= 4 is 6.09 Å². The van der Waals surface area contributed by atoms with Gasteiger partial charge in [-0.05, 0) is 27.7 Å². The minimum Gasteiger partial charge on any atom is -0.444 e. The summed E-state index contributed by atoms with van der Waals surface area (Å²) in [4.78, 5) is 15.7. The molecule has 1 rings (SSSR count). The molecule has 1 atom stereocenters. The number of hydrogen-bond acceptors (Lipinski definition) is 4. The van der Waals surface area contributed by atoms with Crippen LogP contribution >= 0.6 is 0 Å². The SMILES string of the molecule is COCC(C)n1cncc1CNC(=O)OC(C)(C)C. The second kappa shape index (κ2) is 6.56. The Morgan fingerprint density at radius 3 is 2.79 bits per heavy atom. The number of hydrogen-bond donors (Lipinski definition) is 1. The summed E-state index contributed by atoms with van der Waals surface area (Å²) in [6.45, 7) is 8.49. The van der Waals surface area contributed by atoms with Gasteiger partial charge in [0.1, 0.15) is 5.60 Å². The Labute approximate surface area is 114 Å². The maximum absolute atomic E-state index is 11.6. The van der Waals surface area contributed by atoms with Crippen molar-refractivity contribution in [2.45, 2.75) is 45.9 Å². The molecule has 0 saturated carbocycles. The Hall–Kier alpha value is -1.56. The Kier molecular flexibility index (Phi) is 5.35. The minimum absolute atomic E-state index is 0.169. The molecule has 0 radical (unpaired) electrons. The first-order chi connectivity index (χ1) is 8.83. The maximum Gasteiger partial charge on any atom is 0.407 e. The number of amides is 1. The molecule has 1 aromatic heterocycles. The van der Waals surface area contributed by atoms with Crippen LogP contribution in [0.1, 0.15) is 39.4 Å². The summed E-state index contributed by atoms with van der Waals surface area (Å²) in [6, 6.07) is 0.169. The van der Waals surface area contributed by atoms with E-state index >= 15 is 0 Å². The van der Waals surface area contributed by atoms with Crippen LogP contribution in [0.15, 0.2) is 12.5 Å². The molecule has 108 valence electrons. The van der Waals surface area contributed by atoms with Crippen molar-refractivity contribution in [3.05, 3.63) is 18.2 Å². The van der Waals surface area contributed by atoms with E-state index in [9.17, 15) is 4.79 Å². The first-order valence-electron chi connectivity index (χ1n) is 6.30. The number of alkyl carbamates (subject to hydrolysis) is 1. The van der Waals surface area contributed by atoms with Gasteiger partial charge in [0, 0.05) is 13.3 Å². The molecule has 19 heavy (non-hydrogen) atoms. The lowest BCUT2D eigenvalue weighted by atomic mass is 10.2. The number of rotatable bonds is 5. The quantitative estimate of drug-likeness (QED) is 0.889. The van der Waals surface area contributed by atoms with Crippen molar-refractivity contribution in [1.82, 2.24) is 14.9 Å². The average molecular weight is 269 g/mol. The van der Waals surface area contributed by atoms with Gasteiger partial charge in [0.15, 0.2) is 0 Å². The summed E-state index contributed by atoms with van der Waals surface area (Å²) in [6.07, 6.45) is 3.03. The Morgan fingerprint density at radius 1 is 1.53 bits per heavy atom. The molecular weight excluding hydrogens is 246 g/mol. The number of imidazole rings is 1. The van der Waals surface area contributed by atoms with Crippen molar-refractivity contribution in [3.8, 4) is 0 Å². The summed E-state index contributed by atoms with van der Waals surface area (Å²) in [7, 11) is 1.66. The fourth-order valence-corrected chi connectivity index (χ4v) is 1.66. The highest BCUT2D eigenvalue weighted by atomic mass is 16.6. The summed E-state index contributed by atoms with van der Waals surface area (Å²) in [5.74, 6) is 0. The molecule has 1 unspecified atom stereocenters. The minimum atomic E-state index is -0.492. The third kappa shape index (κ3) is 5.30. The van der Waals surface area contributed by atoms with Crippen LogP contribution < -0.4 is 5.32 Å². The zero-order valence-electron chi connectivity index (χ0n) is 12.3. The third-order valence-corrected chi connectivity index (χ3v) is 2.44. The van der Waals surface area contributed by atoms with Crippen molar-refractivity contribution in [3.63, 3.8) is 0 Å². The molecule has 0 fully saturated rings. The zero-order chi connectivity index (χ0) is 14.5. The van der Waals surface area contributed by atoms with Gasteiger partial charge in [-0.1, -0.05) is 0 Å². The molecule has 1 N–H and O–H groups in total. The van der Waals surface area contributed by atoms with Gasteiger partial charge in [0.25, 0.3) is 0 Å². The van der Waals surface area contributed by atoms with Crippen LogP contribution in [0.3, 0.4) is 0 Å². The second-order valence-corrected chi connectivity index (χ2v) is 5.45. The standard InChI is InChI=1S/C13H23N3O3/c1-10(8-18-5)16-9-14-6-11(16)7-15-12(17)19-13(2,3)4/h6,9-10H,7-8H2,1-5H3,(H,15,17). The first kappa shape index (κ1) is 15.5. The fraction of sp³-hybridized carbons (Fsp3) is 0.692. The van der Waals surface area contributed by atoms with Crippen LogP contribution in [-0.4, -0.2) is 35.0 Å². The van der Waals surface area contributed by atoms with Crippen molar-refractivity contribution in [2.75, 3.05) is 13.7 Å². The smallest absolute Gasteiger partial charge is 0.407 e. The molecule has 1 amide bonds. The highest BCUT2D eigenvalue weighted by Gasteiger charge is 2.16. The zero-order valence-corrected chi connectivity index (χ0v) is 12.3. The largest absolute Gasteiger partial charge is 0.444 e. The van der Waals surface area contributed by atoms with E-state index in [4.69, 9.17) is 9.47 Å². The van der Waals surface area contributed by atoms with E-state index in [1.165, 1.54) is 0 Å². The van der Waals surface area contributed by atoms with Crippen molar-refractivity contribution in [1.29, 1.82) is 0 Å². The Balaban J connectivity index is 2.54. The van der Waals surface area contributed by atoms with Crippen LogP contribution in [0.4, 0.5) is 4.79 Å². The van der Waals surface area contributed by atoms with E-state index in [0.29, 0.717) is 13.2 Å². The van der Waals surface area contributed by atoms with Gasteiger partial charge < -0.3 is 19.4 Å². The molecule has 0 saturated heterocycles. The lowest BCUT2D eigenvalue weighted by Gasteiger charge is -2.20. The number of ether oxygens (including phenoxy) is 2. The number of carbonyl (C=O) groups is 1. The molecule has 6 heteroatoms. The molecule has 0 aromatic carbocycles. The van der Waals surface area contributed by atoms with Gasteiger partial charge in [-0.2, -0.15) is 0 Å². The summed E-state index contributed by atoms with van der Waals surface area (Å²) < 4.78 is 12.3. The first-order valence-corrected chi connectivity index (χ1v) is 6.30.